The van der Waals surface area contributed by atoms with Gasteiger partial charge in [-0.05, 0) is 24.1 Å². The molecule has 0 aliphatic rings. The molecule has 1 rings (SSSR count). The number of alkyl halides is 1. The second-order valence-corrected chi connectivity index (χ2v) is 3.81. The van der Waals surface area contributed by atoms with Crippen LogP contribution >= 0.6 is 15.9 Å². The molecule has 0 unspecified atom stereocenters. The van der Waals surface area contributed by atoms with Crippen molar-refractivity contribution >= 4 is 22.0 Å². The van der Waals surface area contributed by atoms with E-state index in [1.807, 2.05) is 24.3 Å². The Morgan fingerprint density at radius 3 is 2.60 bits per heavy atom. The highest BCUT2D eigenvalue weighted by molar-refractivity contribution is 9.09. The summed E-state index contributed by atoms with van der Waals surface area (Å²) in [6.07, 6.45) is 5.23. The number of halogens is 1. The predicted octanol–water partition coefficient (Wildman–Crippen LogP) is 2.86. The van der Waals surface area contributed by atoms with Crippen molar-refractivity contribution in [2.45, 2.75) is 6.42 Å². The maximum absolute atomic E-state index is 8.58. The molecular formula is C12H15BrO2. The number of rotatable bonds is 6. The van der Waals surface area contributed by atoms with Crippen molar-refractivity contribution in [1.82, 2.24) is 0 Å². The molecule has 1 aromatic carbocycles. The van der Waals surface area contributed by atoms with Crippen molar-refractivity contribution in [2.24, 2.45) is 0 Å². The lowest BCUT2D eigenvalue weighted by Gasteiger charge is -2.03. The highest BCUT2D eigenvalue weighted by Crippen LogP contribution is 2.13. The minimum atomic E-state index is 0.0485. The molecule has 0 amide bonds. The highest BCUT2D eigenvalue weighted by Gasteiger charge is 1.92. The van der Waals surface area contributed by atoms with Crippen LogP contribution in [0.1, 0.15) is 12.0 Å². The first kappa shape index (κ1) is 12.3. The fourth-order valence-corrected chi connectivity index (χ4v) is 1.39. The zero-order valence-corrected chi connectivity index (χ0v) is 10.1. The van der Waals surface area contributed by atoms with Crippen LogP contribution in [0.5, 0.6) is 5.75 Å². The smallest absolute Gasteiger partial charge is 0.119 e. The Morgan fingerprint density at radius 2 is 2.00 bits per heavy atom. The fraction of sp³-hybridized carbons (Fsp3) is 0.333. The molecule has 1 N–H and O–H groups in total. The zero-order chi connectivity index (χ0) is 10.9. The van der Waals surface area contributed by atoms with Crippen molar-refractivity contribution in [3.8, 4) is 5.75 Å². The van der Waals surface area contributed by atoms with E-state index in [4.69, 9.17) is 9.84 Å². The van der Waals surface area contributed by atoms with E-state index in [1.54, 1.807) is 0 Å². The summed E-state index contributed by atoms with van der Waals surface area (Å²) in [4.78, 5) is 0. The van der Waals surface area contributed by atoms with Gasteiger partial charge in [0, 0.05) is 5.33 Å². The summed E-state index contributed by atoms with van der Waals surface area (Å²) in [6, 6.07) is 7.81. The molecule has 0 aromatic heterocycles. The molecular weight excluding hydrogens is 256 g/mol. The van der Waals surface area contributed by atoms with Gasteiger partial charge in [0.15, 0.2) is 0 Å². The van der Waals surface area contributed by atoms with E-state index in [-0.39, 0.29) is 6.61 Å². The van der Waals surface area contributed by atoms with Gasteiger partial charge in [-0.2, -0.15) is 0 Å². The van der Waals surface area contributed by atoms with Crippen molar-refractivity contribution in [3.05, 3.63) is 35.9 Å². The van der Waals surface area contributed by atoms with Crippen LogP contribution in [0.4, 0.5) is 0 Å². The molecule has 0 spiro atoms. The third kappa shape index (κ3) is 5.00. The SMILES string of the molecule is OCCOc1ccc(C=CCCBr)cc1. The van der Waals surface area contributed by atoms with Crippen LogP contribution in [-0.4, -0.2) is 23.7 Å². The van der Waals surface area contributed by atoms with Crippen LogP contribution in [0.2, 0.25) is 0 Å². The van der Waals surface area contributed by atoms with Crippen molar-refractivity contribution in [2.75, 3.05) is 18.5 Å². The van der Waals surface area contributed by atoms with Crippen molar-refractivity contribution in [1.29, 1.82) is 0 Å². The average Bonchev–Trinajstić information content (AvgIpc) is 2.28. The molecule has 82 valence electrons. The quantitative estimate of drug-likeness (QED) is 0.806. The van der Waals surface area contributed by atoms with Gasteiger partial charge in [0.25, 0.3) is 0 Å². The second-order valence-electron chi connectivity index (χ2n) is 3.02. The standard InChI is InChI=1S/C12H15BrO2/c13-8-2-1-3-11-4-6-12(7-5-11)15-10-9-14/h1,3-7,14H,2,8-10H2. The summed E-state index contributed by atoms with van der Waals surface area (Å²) in [5.74, 6) is 0.793. The molecule has 1 aromatic rings. The number of benzene rings is 1. The number of hydrogen-bond donors (Lipinski definition) is 1. The summed E-state index contributed by atoms with van der Waals surface area (Å²) in [5.41, 5.74) is 1.16. The van der Waals surface area contributed by atoms with Crippen molar-refractivity contribution in [3.63, 3.8) is 0 Å². The number of aliphatic hydroxyl groups excluding tert-OH is 1. The molecule has 0 saturated carbocycles. The van der Waals surface area contributed by atoms with E-state index in [0.717, 1.165) is 23.1 Å². The van der Waals surface area contributed by atoms with Gasteiger partial charge in [0.1, 0.15) is 12.4 Å². The Kier molecular flexibility index (Phi) is 6.12. The van der Waals surface area contributed by atoms with Gasteiger partial charge in [0.05, 0.1) is 6.61 Å². The van der Waals surface area contributed by atoms with Crippen LogP contribution in [0, 0.1) is 0 Å². The fourth-order valence-electron chi connectivity index (χ4n) is 1.12. The van der Waals surface area contributed by atoms with E-state index >= 15 is 0 Å². The summed E-state index contributed by atoms with van der Waals surface area (Å²) >= 11 is 3.37. The van der Waals surface area contributed by atoms with E-state index in [0.29, 0.717) is 6.61 Å². The van der Waals surface area contributed by atoms with E-state index in [9.17, 15) is 0 Å². The molecule has 2 nitrogen and oxygen atoms in total. The lowest BCUT2D eigenvalue weighted by atomic mass is 10.2. The maximum atomic E-state index is 8.58. The lowest BCUT2D eigenvalue weighted by molar-refractivity contribution is 0.201. The third-order valence-electron chi connectivity index (χ3n) is 1.83. The lowest BCUT2D eigenvalue weighted by Crippen LogP contribution is -2.01. The monoisotopic (exact) mass is 270 g/mol. The van der Waals surface area contributed by atoms with Gasteiger partial charge < -0.3 is 9.84 Å². The predicted molar refractivity (Wildman–Crippen MR) is 66.5 cm³/mol. The van der Waals surface area contributed by atoms with E-state index in [1.165, 1.54) is 0 Å². The van der Waals surface area contributed by atoms with E-state index in [2.05, 4.69) is 28.1 Å². The maximum Gasteiger partial charge on any atom is 0.119 e. The van der Waals surface area contributed by atoms with E-state index < -0.39 is 0 Å². The van der Waals surface area contributed by atoms with Gasteiger partial charge in [0.2, 0.25) is 0 Å². The molecule has 15 heavy (non-hydrogen) atoms. The molecule has 0 aliphatic carbocycles. The first-order valence-corrected chi connectivity index (χ1v) is 6.05. The molecule has 0 fully saturated rings. The molecule has 3 heteroatoms. The minimum absolute atomic E-state index is 0.0485. The largest absolute Gasteiger partial charge is 0.491 e. The summed E-state index contributed by atoms with van der Waals surface area (Å²) in [5, 5.41) is 9.57. The molecule has 0 heterocycles. The third-order valence-corrected chi connectivity index (χ3v) is 2.28. The minimum Gasteiger partial charge on any atom is -0.491 e. The Hall–Kier alpha value is -0.800. The van der Waals surface area contributed by atoms with Crippen LogP contribution in [0.3, 0.4) is 0 Å². The van der Waals surface area contributed by atoms with Crippen LogP contribution in [0.15, 0.2) is 30.3 Å². The number of aliphatic hydroxyl groups is 1. The number of hydrogen-bond acceptors (Lipinski definition) is 2. The average molecular weight is 271 g/mol. The second kappa shape index (κ2) is 7.49. The first-order chi connectivity index (χ1) is 7.36. The molecule has 0 saturated heterocycles. The highest BCUT2D eigenvalue weighted by atomic mass is 79.9. The number of allylic oxidation sites excluding steroid dienone is 1. The normalized spacial score (nSPS) is 10.8. The van der Waals surface area contributed by atoms with Gasteiger partial charge in [-0.25, -0.2) is 0 Å². The summed E-state index contributed by atoms with van der Waals surface area (Å²) < 4.78 is 5.25. The molecule has 0 bridgehead atoms. The van der Waals surface area contributed by atoms with Crippen LogP contribution < -0.4 is 4.74 Å². The van der Waals surface area contributed by atoms with Gasteiger partial charge in [-0.1, -0.05) is 40.2 Å². The Labute approximate surface area is 98.7 Å². The van der Waals surface area contributed by atoms with Gasteiger partial charge in [-0.3, -0.25) is 0 Å². The Morgan fingerprint density at radius 1 is 1.27 bits per heavy atom. The molecule has 0 radical (unpaired) electrons. The van der Waals surface area contributed by atoms with Gasteiger partial charge in [-0.15, -0.1) is 0 Å². The topological polar surface area (TPSA) is 29.5 Å². The molecule has 0 aliphatic heterocycles. The number of ether oxygens (including phenoxy) is 1. The summed E-state index contributed by atoms with van der Waals surface area (Å²) in [7, 11) is 0. The molecule has 0 atom stereocenters. The van der Waals surface area contributed by atoms with Crippen molar-refractivity contribution < 1.29 is 9.84 Å². The Bertz CT molecular complexity index is 293. The summed E-state index contributed by atoms with van der Waals surface area (Å²) in [6.45, 7) is 0.395. The Balaban J connectivity index is 2.48. The van der Waals surface area contributed by atoms with Crippen LogP contribution in [0.25, 0.3) is 6.08 Å². The van der Waals surface area contributed by atoms with Crippen LogP contribution in [-0.2, 0) is 0 Å². The van der Waals surface area contributed by atoms with Gasteiger partial charge >= 0.3 is 0 Å². The first-order valence-electron chi connectivity index (χ1n) is 4.93. The zero-order valence-electron chi connectivity index (χ0n) is 8.53.